The van der Waals surface area contributed by atoms with Gasteiger partial charge in [-0.05, 0) is 12.1 Å². The highest BCUT2D eigenvalue weighted by molar-refractivity contribution is 7.86. The van der Waals surface area contributed by atoms with Gasteiger partial charge >= 0.3 is 0 Å². The van der Waals surface area contributed by atoms with E-state index in [9.17, 15) is 25.9 Å². The zero-order chi connectivity index (χ0) is 12.7. The van der Waals surface area contributed by atoms with Gasteiger partial charge in [-0.3, -0.25) is 0 Å². The van der Waals surface area contributed by atoms with Gasteiger partial charge in [0.1, 0.15) is 20.2 Å². The van der Waals surface area contributed by atoms with Crippen LogP contribution in [0.4, 0.5) is 11.4 Å². The second-order valence-corrected chi connectivity index (χ2v) is 5.53. The standard InChI is InChI=1S/C6H8N2O6S2/c7-3-1-4(8)6(16(12,13)14)2-5(3)15(9,10)11/h1-2H,7-8H2,(H,9,10,11)(H,12,13,14)/p-2. The van der Waals surface area contributed by atoms with Gasteiger partial charge in [-0.1, -0.05) is 0 Å². The quantitative estimate of drug-likeness (QED) is 0.489. The Kier molecular flexibility index (Phi) is 2.85. The highest BCUT2D eigenvalue weighted by atomic mass is 32.2. The Balaban J connectivity index is 3.72. The molecule has 1 aromatic carbocycles. The van der Waals surface area contributed by atoms with Crippen molar-refractivity contribution in [2.24, 2.45) is 0 Å². The van der Waals surface area contributed by atoms with Gasteiger partial charge in [0.15, 0.2) is 0 Å². The molecule has 0 atom stereocenters. The van der Waals surface area contributed by atoms with Crippen molar-refractivity contribution in [1.29, 1.82) is 0 Å². The van der Waals surface area contributed by atoms with E-state index in [1.54, 1.807) is 0 Å². The molecule has 0 heterocycles. The fraction of sp³-hybridized carbons (Fsp3) is 0. The normalized spacial score (nSPS) is 12.6. The van der Waals surface area contributed by atoms with Crippen LogP contribution in [0, 0.1) is 0 Å². The smallest absolute Gasteiger partial charge is 0.126 e. The molecule has 0 unspecified atom stereocenters. The van der Waals surface area contributed by atoms with Crippen LogP contribution in [-0.2, 0) is 20.2 Å². The van der Waals surface area contributed by atoms with Crippen molar-refractivity contribution in [1.82, 2.24) is 0 Å². The van der Waals surface area contributed by atoms with Crippen molar-refractivity contribution < 1.29 is 25.9 Å². The van der Waals surface area contributed by atoms with Gasteiger partial charge in [-0.2, -0.15) is 0 Å². The van der Waals surface area contributed by atoms with Crippen molar-refractivity contribution in [3.8, 4) is 0 Å². The molecule has 0 radical (unpaired) electrons. The minimum Gasteiger partial charge on any atom is -0.744 e. The Hall–Kier alpha value is -1.36. The molecule has 0 bridgehead atoms. The summed E-state index contributed by atoms with van der Waals surface area (Å²) < 4.78 is 64.0. The molecule has 16 heavy (non-hydrogen) atoms. The Labute approximate surface area is 91.4 Å². The van der Waals surface area contributed by atoms with Gasteiger partial charge in [-0.15, -0.1) is 0 Å². The van der Waals surface area contributed by atoms with E-state index in [1.807, 2.05) is 0 Å². The van der Waals surface area contributed by atoms with Crippen LogP contribution < -0.4 is 11.5 Å². The maximum atomic E-state index is 10.7. The molecule has 0 aliphatic rings. The Morgan fingerprint density at radius 1 is 0.812 bits per heavy atom. The Morgan fingerprint density at radius 2 is 1.12 bits per heavy atom. The molecule has 4 N–H and O–H groups in total. The average molecular weight is 266 g/mol. The van der Waals surface area contributed by atoms with Gasteiger partial charge in [0.05, 0.1) is 21.2 Å². The molecular formula is C6H6N2O6S2-2. The zero-order valence-electron chi connectivity index (χ0n) is 7.58. The number of hydrogen-bond acceptors (Lipinski definition) is 8. The van der Waals surface area contributed by atoms with E-state index in [1.165, 1.54) is 0 Å². The first kappa shape index (κ1) is 12.7. The summed E-state index contributed by atoms with van der Waals surface area (Å²) in [6.07, 6.45) is 0. The maximum absolute atomic E-state index is 10.7. The van der Waals surface area contributed by atoms with Crippen molar-refractivity contribution >= 4 is 31.6 Å². The number of benzene rings is 1. The second kappa shape index (κ2) is 3.59. The first-order chi connectivity index (χ1) is 7.03. The Morgan fingerprint density at radius 3 is 1.38 bits per heavy atom. The molecule has 0 spiro atoms. The van der Waals surface area contributed by atoms with Crippen molar-refractivity contribution in [2.75, 3.05) is 11.5 Å². The van der Waals surface area contributed by atoms with Crippen LogP contribution in [0.25, 0.3) is 0 Å². The van der Waals surface area contributed by atoms with Gasteiger partial charge < -0.3 is 20.6 Å². The van der Waals surface area contributed by atoms with Crippen molar-refractivity contribution in [3.63, 3.8) is 0 Å². The van der Waals surface area contributed by atoms with E-state index in [2.05, 4.69) is 0 Å². The minimum absolute atomic E-state index is 0.356. The monoisotopic (exact) mass is 266 g/mol. The summed E-state index contributed by atoms with van der Waals surface area (Å²) >= 11 is 0. The number of anilines is 2. The van der Waals surface area contributed by atoms with Crippen LogP contribution in [0.3, 0.4) is 0 Å². The highest BCUT2D eigenvalue weighted by Gasteiger charge is 2.14. The van der Waals surface area contributed by atoms with E-state index in [0.717, 1.165) is 6.07 Å². The molecule has 1 rings (SSSR count). The van der Waals surface area contributed by atoms with Crippen molar-refractivity contribution in [2.45, 2.75) is 9.79 Å². The lowest BCUT2D eigenvalue weighted by Crippen LogP contribution is -2.09. The van der Waals surface area contributed by atoms with Crippen LogP contribution in [0.1, 0.15) is 0 Å². The number of nitrogen functional groups attached to an aromatic ring is 2. The van der Waals surface area contributed by atoms with Crippen LogP contribution in [0.2, 0.25) is 0 Å². The predicted molar refractivity (Wildman–Crippen MR) is 51.2 cm³/mol. The molecule has 8 nitrogen and oxygen atoms in total. The molecule has 0 fully saturated rings. The van der Waals surface area contributed by atoms with Crippen LogP contribution in [0.15, 0.2) is 21.9 Å². The lowest BCUT2D eigenvalue weighted by atomic mass is 10.3. The molecule has 10 heteroatoms. The van der Waals surface area contributed by atoms with Crippen molar-refractivity contribution in [3.05, 3.63) is 12.1 Å². The molecule has 1 aromatic rings. The predicted octanol–water partition coefficient (Wildman–Crippen LogP) is -1.34. The largest absolute Gasteiger partial charge is 0.744 e. The summed E-state index contributed by atoms with van der Waals surface area (Å²) in [5.74, 6) is 0. The second-order valence-electron chi connectivity index (χ2n) is 2.84. The van der Waals surface area contributed by atoms with Crippen LogP contribution in [0.5, 0.6) is 0 Å². The lowest BCUT2D eigenvalue weighted by Gasteiger charge is -2.15. The summed E-state index contributed by atoms with van der Waals surface area (Å²) in [5, 5.41) is 0. The van der Waals surface area contributed by atoms with Gasteiger partial charge in [0, 0.05) is 0 Å². The molecule has 0 saturated heterocycles. The molecule has 0 saturated carbocycles. The molecule has 90 valence electrons. The molecule has 0 amide bonds. The highest BCUT2D eigenvalue weighted by Crippen LogP contribution is 2.27. The SMILES string of the molecule is Nc1cc(N)c(S(=O)(=O)[O-])cc1S(=O)(=O)[O-]. The van der Waals surface area contributed by atoms with E-state index >= 15 is 0 Å². The third kappa shape index (κ3) is 2.41. The summed E-state index contributed by atoms with van der Waals surface area (Å²) in [6, 6.07) is 1.09. The van der Waals surface area contributed by atoms with Gasteiger partial charge in [0.25, 0.3) is 0 Å². The molecule has 0 aromatic heterocycles. The fourth-order valence-corrected chi connectivity index (χ4v) is 2.32. The van der Waals surface area contributed by atoms with E-state index in [4.69, 9.17) is 11.5 Å². The number of nitrogens with two attached hydrogens (primary N) is 2. The molecule has 0 aliphatic heterocycles. The maximum Gasteiger partial charge on any atom is 0.126 e. The summed E-state index contributed by atoms with van der Waals surface area (Å²) in [6.45, 7) is 0. The van der Waals surface area contributed by atoms with E-state index in [0.29, 0.717) is 6.07 Å². The Bertz CT molecular complexity index is 580. The third-order valence-corrected chi connectivity index (χ3v) is 3.47. The molecule has 0 aliphatic carbocycles. The topological polar surface area (TPSA) is 166 Å². The number of rotatable bonds is 2. The lowest BCUT2D eigenvalue weighted by molar-refractivity contribution is 0.462. The molecular weight excluding hydrogens is 260 g/mol. The average Bonchev–Trinajstić information content (AvgIpc) is 1.97. The third-order valence-electron chi connectivity index (χ3n) is 1.68. The van der Waals surface area contributed by atoms with Gasteiger partial charge in [-0.25, -0.2) is 16.8 Å². The summed E-state index contributed by atoms with van der Waals surface area (Å²) in [7, 11) is -9.93. The number of hydrogen-bond donors (Lipinski definition) is 2. The summed E-state index contributed by atoms with van der Waals surface area (Å²) in [5.41, 5.74) is 9.30. The summed E-state index contributed by atoms with van der Waals surface area (Å²) in [4.78, 5) is -1.98. The fourth-order valence-electron chi connectivity index (χ4n) is 1.03. The van der Waals surface area contributed by atoms with Gasteiger partial charge in [0.2, 0.25) is 0 Å². The van der Waals surface area contributed by atoms with Crippen LogP contribution in [-0.4, -0.2) is 25.9 Å². The van der Waals surface area contributed by atoms with Crippen LogP contribution >= 0.6 is 0 Å². The van der Waals surface area contributed by atoms with E-state index < -0.39 is 41.4 Å². The van der Waals surface area contributed by atoms with E-state index in [-0.39, 0.29) is 0 Å². The minimum atomic E-state index is -4.97. The zero-order valence-corrected chi connectivity index (χ0v) is 9.21. The first-order valence-electron chi connectivity index (χ1n) is 3.64. The first-order valence-corrected chi connectivity index (χ1v) is 6.46.